The second-order valence-corrected chi connectivity index (χ2v) is 8.91. The number of amides is 2. The lowest BCUT2D eigenvalue weighted by atomic mass is 9.98. The third-order valence-electron chi connectivity index (χ3n) is 6.20. The molecule has 2 aromatic heterocycles. The molecule has 2 amide bonds. The van der Waals surface area contributed by atoms with Gasteiger partial charge in [0, 0.05) is 37.1 Å². The van der Waals surface area contributed by atoms with E-state index < -0.39 is 6.04 Å². The number of likely N-dealkylation sites (N-methyl/N-ethyl adjacent to an activating group) is 1. The van der Waals surface area contributed by atoms with E-state index in [1.165, 1.54) is 0 Å². The number of rotatable bonds is 10. The second kappa shape index (κ2) is 12.4. The van der Waals surface area contributed by atoms with Crippen LogP contribution < -0.4 is 16.0 Å². The minimum atomic E-state index is -0.582. The fourth-order valence-corrected chi connectivity index (χ4v) is 3.97. The van der Waals surface area contributed by atoms with E-state index in [0.29, 0.717) is 17.9 Å². The lowest BCUT2D eigenvalue weighted by molar-refractivity contribution is -0.121. The van der Waals surface area contributed by atoms with Crippen LogP contribution in [0.5, 0.6) is 0 Å². The Morgan fingerprint density at radius 3 is 2.39 bits per heavy atom. The molecule has 0 spiro atoms. The average Bonchev–Trinajstić information content (AvgIpc) is 3.42. The van der Waals surface area contributed by atoms with Gasteiger partial charge in [-0.05, 0) is 41.3 Å². The predicted octanol–water partition coefficient (Wildman–Crippen LogP) is 3.64. The van der Waals surface area contributed by atoms with Gasteiger partial charge in [-0.2, -0.15) is 10.4 Å². The molecule has 0 bridgehead atoms. The van der Waals surface area contributed by atoms with Crippen molar-refractivity contribution in [2.24, 2.45) is 0 Å². The smallest absolute Gasteiger partial charge is 0.247 e. The maximum atomic E-state index is 13.3. The molecule has 192 valence electrons. The van der Waals surface area contributed by atoms with Crippen molar-refractivity contribution in [3.63, 3.8) is 0 Å². The summed E-state index contributed by atoms with van der Waals surface area (Å²) >= 11 is 0. The molecular formula is C29H29N7O2. The molecule has 9 nitrogen and oxygen atoms in total. The van der Waals surface area contributed by atoms with E-state index in [9.17, 15) is 9.59 Å². The van der Waals surface area contributed by atoms with Crippen LogP contribution in [-0.2, 0) is 16.1 Å². The van der Waals surface area contributed by atoms with Crippen LogP contribution in [0.15, 0.2) is 85.3 Å². The van der Waals surface area contributed by atoms with Crippen LogP contribution >= 0.6 is 0 Å². The Bertz CT molecular complexity index is 1410. The second-order valence-electron chi connectivity index (χ2n) is 8.91. The monoisotopic (exact) mass is 507 g/mol. The van der Waals surface area contributed by atoms with Gasteiger partial charge in [-0.1, -0.05) is 49.4 Å². The van der Waals surface area contributed by atoms with Gasteiger partial charge < -0.3 is 16.0 Å². The summed E-state index contributed by atoms with van der Waals surface area (Å²) in [5.74, 6) is 0.202. The normalized spacial score (nSPS) is 12.2. The van der Waals surface area contributed by atoms with Crippen LogP contribution in [0.2, 0.25) is 0 Å². The van der Waals surface area contributed by atoms with Gasteiger partial charge in [0.05, 0.1) is 17.8 Å². The number of hydrogen-bond acceptors (Lipinski definition) is 6. The maximum absolute atomic E-state index is 13.3. The molecule has 2 heterocycles. The molecule has 0 radical (unpaired) electrons. The number of carbonyl (C=O) groups excluding carboxylic acids is 2. The number of pyridine rings is 1. The largest absolute Gasteiger partial charge is 0.358 e. The van der Waals surface area contributed by atoms with E-state index in [0.717, 1.165) is 22.3 Å². The molecule has 2 aromatic carbocycles. The fourth-order valence-electron chi connectivity index (χ4n) is 3.97. The summed E-state index contributed by atoms with van der Waals surface area (Å²) in [4.78, 5) is 29.3. The Morgan fingerprint density at radius 2 is 1.74 bits per heavy atom. The molecule has 4 aromatic rings. The number of nitrogens with zero attached hydrogens (tertiary/aromatic N) is 4. The number of nitrogens with one attached hydrogen (secondary N) is 3. The number of anilines is 1. The summed E-state index contributed by atoms with van der Waals surface area (Å²) in [6.07, 6.45) is 5.10. The van der Waals surface area contributed by atoms with Crippen molar-refractivity contribution in [2.75, 3.05) is 18.9 Å². The maximum Gasteiger partial charge on any atom is 0.247 e. The van der Waals surface area contributed by atoms with Crippen molar-refractivity contribution in [1.29, 1.82) is 5.26 Å². The van der Waals surface area contributed by atoms with Crippen LogP contribution in [0, 0.1) is 11.3 Å². The van der Waals surface area contributed by atoms with Crippen molar-refractivity contribution in [2.45, 2.75) is 25.4 Å². The SMILES string of the molecule is CNC(=O)Cn1cc(-c2ccc(NC(=O)[C@H](NC[C@@H](C)c3ccc(C#N)cc3)c3ccccc3)nc2)cn1. The van der Waals surface area contributed by atoms with E-state index in [1.807, 2.05) is 48.5 Å². The summed E-state index contributed by atoms with van der Waals surface area (Å²) in [7, 11) is 1.58. The van der Waals surface area contributed by atoms with E-state index in [2.05, 4.69) is 39.0 Å². The van der Waals surface area contributed by atoms with Crippen molar-refractivity contribution in [1.82, 2.24) is 25.4 Å². The molecule has 0 saturated carbocycles. The standard InChI is InChI=1S/C29H29N7O2/c1-20(22-10-8-21(14-30)9-11-22)15-33-28(23-6-4-3-5-7-23)29(38)35-26-13-12-24(16-32-26)25-17-34-36(18-25)19-27(37)31-2/h3-13,16-18,20,28,33H,15,19H2,1-2H3,(H,31,37)(H,32,35,38)/t20-,28-/m1/s1. The molecule has 3 N–H and O–H groups in total. The van der Waals surface area contributed by atoms with E-state index in [4.69, 9.17) is 5.26 Å². The van der Waals surface area contributed by atoms with E-state index in [-0.39, 0.29) is 24.3 Å². The molecule has 0 fully saturated rings. The van der Waals surface area contributed by atoms with Gasteiger partial charge in [0.25, 0.3) is 0 Å². The van der Waals surface area contributed by atoms with Crippen LogP contribution in [0.1, 0.15) is 35.6 Å². The van der Waals surface area contributed by atoms with Crippen molar-refractivity contribution < 1.29 is 9.59 Å². The molecule has 38 heavy (non-hydrogen) atoms. The van der Waals surface area contributed by atoms with Gasteiger partial charge >= 0.3 is 0 Å². The molecule has 0 aliphatic carbocycles. The lowest BCUT2D eigenvalue weighted by Gasteiger charge is -2.21. The zero-order valence-electron chi connectivity index (χ0n) is 21.3. The highest BCUT2D eigenvalue weighted by atomic mass is 16.2. The summed E-state index contributed by atoms with van der Waals surface area (Å²) < 4.78 is 1.55. The summed E-state index contributed by atoms with van der Waals surface area (Å²) in [5, 5.41) is 22.1. The van der Waals surface area contributed by atoms with Crippen molar-refractivity contribution in [3.8, 4) is 17.2 Å². The first-order chi connectivity index (χ1) is 18.5. The third kappa shape index (κ3) is 6.69. The van der Waals surface area contributed by atoms with Gasteiger partial charge in [0.1, 0.15) is 18.4 Å². The Labute approximate surface area is 221 Å². The Balaban J connectivity index is 1.43. The van der Waals surface area contributed by atoms with Crippen LogP contribution in [0.4, 0.5) is 5.82 Å². The van der Waals surface area contributed by atoms with Gasteiger partial charge in [0.15, 0.2) is 0 Å². The summed E-state index contributed by atoms with van der Waals surface area (Å²) in [5.41, 5.74) is 4.18. The van der Waals surface area contributed by atoms with Crippen molar-refractivity contribution in [3.05, 3.63) is 102 Å². The molecule has 2 atom stereocenters. The Hall–Kier alpha value is -4.81. The molecule has 0 aliphatic rings. The van der Waals surface area contributed by atoms with Crippen molar-refractivity contribution >= 4 is 17.6 Å². The lowest BCUT2D eigenvalue weighted by Crippen LogP contribution is -2.35. The summed E-state index contributed by atoms with van der Waals surface area (Å²) in [6, 6.07) is 22.2. The highest BCUT2D eigenvalue weighted by molar-refractivity contribution is 5.95. The number of nitriles is 1. The molecular weight excluding hydrogens is 478 g/mol. The number of hydrogen-bond donors (Lipinski definition) is 3. The number of carbonyl (C=O) groups is 2. The molecule has 9 heteroatoms. The number of benzene rings is 2. The highest BCUT2D eigenvalue weighted by Gasteiger charge is 2.22. The first kappa shape index (κ1) is 26.3. The Kier molecular flexibility index (Phi) is 8.59. The van der Waals surface area contributed by atoms with Crippen LogP contribution in [-0.4, -0.2) is 40.2 Å². The van der Waals surface area contributed by atoms with E-state index in [1.54, 1.807) is 48.5 Å². The van der Waals surface area contributed by atoms with Gasteiger partial charge in [-0.25, -0.2) is 4.98 Å². The average molecular weight is 508 g/mol. The van der Waals surface area contributed by atoms with Gasteiger partial charge in [-0.15, -0.1) is 0 Å². The molecule has 0 saturated heterocycles. The van der Waals surface area contributed by atoms with Gasteiger partial charge in [-0.3, -0.25) is 14.3 Å². The van der Waals surface area contributed by atoms with E-state index >= 15 is 0 Å². The highest BCUT2D eigenvalue weighted by Crippen LogP contribution is 2.22. The summed E-state index contributed by atoms with van der Waals surface area (Å²) in [6.45, 7) is 2.77. The minimum absolute atomic E-state index is 0.128. The zero-order chi connectivity index (χ0) is 26.9. The zero-order valence-corrected chi connectivity index (χ0v) is 21.3. The van der Waals surface area contributed by atoms with Gasteiger partial charge in [0.2, 0.25) is 11.8 Å². The topological polar surface area (TPSA) is 125 Å². The predicted molar refractivity (Wildman–Crippen MR) is 145 cm³/mol. The molecule has 0 unspecified atom stereocenters. The first-order valence-electron chi connectivity index (χ1n) is 12.3. The van der Waals surface area contributed by atoms with Crippen LogP contribution in [0.3, 0.4) is 0 Å². The first-order valence-corrected chi connectivity index (χ1v) is 12.3. The minimum Gasteiger partial charge on any atom is -0.358 e. The molecule has 4 rings (SSSR count). The Morgan fingerprint density at radius 1 is 0.974 bits per heavy atom. The van der Waals surface area contributed by atoms with Crippen LogP contribution in [0.25, 0.3) is 11.1 Å². The quantitative estimate of drug-likeness (QED) is 0.301. The number of aromatic nitrogens is 3. The fraction of sp³-hybridized carbons (Fsp3) is 0.207. The molecule has 0 aliphatic heterocycles. The third-order valence-corrected chi connectivity index (χ3v) is 6.20.